The van der Waals surface area contributed by atoms with Gasteiger partial charge in [0, 0.05) is 79.9 Å². The maximum Gasteiger partial charge on any atom is 0.341 e. The molecule has 81 heavy (non-hydrogen) atoms. The molecule has 23 nitrogen and oxygen atoms in total. The Morgan fingerprint density at radius 3 is 2.23 bits per heavy atom. The Balaban J connectivity index is 1.24. The highest BCUT2D eigenvalue weighted by molar-refractivity contribution is 6.24. The van der Waals surface area contributed by atoms with Crippen LogP contribution < -0.4 is 25.1 Å². The van der Waals surface area contributed by atoms with E-state index >= 15 is 4.39 Å². The Morgan fingerprint density at radius 2 is 1.62 bits per heavy atom. The Bertz CT molecular complexity index is 3440. The number of aliphatic hydroxyl groups excluding tert-OH is 2. The first-order valence-corrected chi connectivity index (χ1v) is 26.2. The van der Waals surface area contributed by atoms with Gasteiger partial charge in [0.15, 0.2) is 23.4 Å². The highest BCUT2D eigenvalue weighted by Gasteiger charge is 2.50. The van der Waals surface area contributed by atoms with Crippen LogP contribution >= 0.6 is 0 Å². The van der Waals surface area contributed by atoms with Gasteiger partial charge in [-0.05, 0) is 38.8 Å². The molecule has 1 saturated heterocycles. The summed E-state index contributed by atoms with van der Waals surface area (Å²) >= 11 is 0. The van der Waals surface area contributed by atoms with Crippen LogP contribution in [0.2, 0.25) is 0 Å². The minimum Gasteiger partial charge on any atom is -0.507 e. The number of hydrazone groups is 1. The number of halogens is 1. The number of allylic oxidation sites excluding steroid dienone is 2. The van der Waals surface area contributed by atoms with Crippen molar-refractivity contribution in [2.24, 2.45) is 28.8 Å². The number of hydrogen-bond donors (Lipinski definition) is 8. The lowest BCUT2D eigenvalue weighted by Gasteiger charge is -2.39. The van der Waals surface area contributed by atoms with E-state index in [1.54, 1.807) is 38.3 Å². The number of piperazine rings is 1. The molecule has 5 heterocycles. The van der Waals surface area contributed by atoms with Crippen molar-refractivity contribution in [3.63, 3.8) is 0 Å². The summed E-state index contributed by atoms with van der Waals surface area (Å²) in [6.45, 7) is 11.1. The third-order valence-corrected chi connectivity index (χ3v) is 15.9. The number of nitrogens with one attached hydrogen (secondary N) is 1. The highest BCUT2D eigenvalue weighted by Crippen LogP contribution is 2.55. The SMILES string of the molecule is COc1c(N2CCN(/N=C/c3c4c(O)c5c(O)c(C)c6c(c5c3O)C(=O)[C@@](C)(O/C=C/[C@H](OC)[C@@H](C)[C@@H](OC(C)=O)[C@H](C)[C@H](O)[C@H](C)[C@@H](O)[C@H](C)/C=C/C=C(/C)C(=O)N4)O6)C(C(=O)O)C2)c(F)cc2c(=O)c(C(=O)O)cn(C3CC3)c12. The number of Topliss-reactive ketones (excluding diaryl/α,β-unsaturated/α-hetero) is 1. The summed E-state index contributed by atoms with van der Waals surface area (Å²) in [6.07, 6.45) is 6.12. The Hall–Kier alpha value is -8.22. The van der Waals surface area contributed by atoms with Gasteiger partial charge in [-0.15, -0.1) is 0 Å². The number of rotatable bonds is 9. The van der Waals surface area contributed by atoms with Crippen molar-refractivity contribution in [3.05, 3.63) is 86.7 Å². The van der Waals surface area contributed by atoms with Crippen LogP contribution in [0, 0.1) is 36.4 Å². The van der Waals surface area contributed by atoms with E-state index in [1.165, 1.54) is 71.2 Å². The number of carbonyl (C=O) groups is 5. The third-order valence-electron chi connectivity index (χ3n) is 15.9. The second-order valence-corrected chi connectivity index (χ2v) is 21.3. The van der Waals surface area contributed by atoms with Crippen LogP contribution in [-0.4, -0.2) is 151 Å². The zero-order chi connectivity index (χ0) is 59.4. The van der Waals surface area contributed by atoms with Gasteiger partial charge in [0.25, 0.3) is 11.7 Å². The number of ketones is 1. The molecule has 2 fully saturated rings. The first kappa shape index (κ1) is 58.9. The molecule has 9 rings (SSSR count). The van der Waals surface area contributed by atoms with E-state index in [4.69, 9.17) is 23.7 Å². The van der Waals surface area contributed by atoms with E-state index in [-0.39, 0.29) is 63.9 Å². The largest absolute Gasteiger partial charge is 0.507 e. The number of hydrogen-bond acceptors (Lipinski definition) is 19. The van der Waals surface area contributed by atoms with Gasteiger partial charge in [-0.2, -0.15) is 5.10 Å². The summed E-state index contributed by atoms with van der Waals surface area (Å²) < 4.78 is 47.4. The average molecular weight is 1130 g/mol. The summed E-state index contributed by atoms with van der Waals surface area (Å²) in [5.41, 5.74) is -3.07. The van der Waals surface area contributed by atoms with Gasteiger partial charge >= 0.3 is 23.7 Å². The molecule has 0 radical (unpaired) electrons. The summed E-state index contributed by atoms with van der Waals surface area (Å²) in [4.78, 5) is 81.4. The van der Waals surface area contributed by atoms with Crippen LogP contribution in [0.15, 0.2) is 58.3 Å². The number of aromatic hydroxyl groups is 3. The summed E-state index contributed by atoms with van der Waals surface area (Å²) in [5.74, 6) is -14.3. The molecular formula is C57H66FN5O18. The number of fused-ring (bicyclic) bond motifs is 15. The molecule has 0 spiro atoms. The number of phenols is 3. The molecule has 4 aromatic rings. The lowest BCUT2D eigenvalue weighted by atomic mass is 9.78. The predicted molar refractivity (Wildman–Crippen MR) is 292 cm³/mol. The van der Waals surface area contributed by atoms with Crippen LogP contribution in [-0.2, 0) is 28.6 Å². The van der Waals surface area contributed by atoms with Crippen LogP contribution in [0.1, 0.15) is 99.2 Å². The number of methoxy groups -OCH3 is 2. The number of aliphatic hydroxyl groups is 2. The molecule has 434 valence electrons. The van der Waals surface area contributed by atoms with Crippen molar-refractivity contribution in [3.8, 4) is 28.7 Å². The smallest absolute Gasteiger partial charge is 0.341 e. The Labute approximate surface area is 463 Å². The minimum atomic E-state index is -2.22. The van der Waals surface area contributed by atoms with Gasteiger partial charge in [0.1, 0.15) is 34.6 Å². The van der Waals surface area contributed by atoms with Crippen molar-refractivity contribution in [1.82, 2.24) is 9.58 Å². The van der Waals surface area contributed by atoms with Gasteiger partial charge < -0.3 is 74.2 Å². The summed E-state index contributed by atoms with van der Waals surface area (Å²) in [7, 11) is 2.62. The topological polar surface area (TPSA) is 326 Å². The molecule has 1 unspecified atom stereocenters. The zero-order valence-electron chi connectivity index (χ0n) is 46.2. The molecule has 1 aromatic heterocycles. The fourth-order valence-electron chi connectivity index (χ4n) is 11.0. The Morgan fingerprint density at radius 1 is 0.926 bits per heavy atom. The number of pyridine rings is 1. The number of carboxylic acids is 2. The number of ether oxygens (including phenoxy) is 5. The van der Waals surface area contributed by atoms with Crippen molar-refractivity contribution in [2.75, 3.05) is 44.1 Å². The number of carboxylic acid groups (broad SMARTS) is 2. The van der Waals surface area contributed by atoms with Crippen molar-refractivity contribution in [1.29, 1.82) is 0 Å². The number of nitrogens with zero attached hydrogens (tertiary/aromatic N) is 4. The molecule has 1 aliphatic carbocycles. The van der Waals surface area contributed by atoms with Gasteiger partial charge in [-0.3, -0.25) is 24.2 Å². The Kier molecular flexibility index (Phi) is 16.5. The number of aliphatic carboxylic acids is 1. The summed E-state index contributed by atoms with van der Waals surface area (Å²) in [6, 6.07) is -0.907. The van der Waals surface area contributed by atoms with Crippen LogP contribution in [0.4, 0.5) is 15.8 Å². The van der Waals surface area contributed by atoms with Crippen LogP contribution in [0.3, 0.4) is 0 Å². The lowest BCUT2D eigenvalue weighted by molar-refractivity contribution is -0.160. The standard InChI is InChI=1S/C57H66FN5O18/c1-24-12-11-13-25(2)54(72)60-41-33(21-59-63-18-17-61(23-36(63)56(75)76)43-35(58)20-32-42(52(43)78-10)62(31-14-15-31)22-34(47(32)68)55(73)74)48(69)38-39(49(41)70)46(67)29(6)51-40(38)53(71)57(8,81-51)79-19-16-37(77-9)26(3)50(80-30(7)64)28(5)45(66)27(4)44(24)65/h11-13,16,19-22,24,26-28,31,36-37,44-45,50,65-67,69-70H,14-15,17-18,23H2,1-10H3,(H,60,72)(H,73,74)(H,75,76)/b12-11+,19-16+,25-13-,59-21+/t24-,26-,27-,28-,36?,37+,44+,45-,50-,57+/m1/s1. The molecule has 5 bridgehead atoms. The van der Waals surface area contributed by atoms with Crippen molar-refractivity contribution < 1.29 is 87.8 Å². The van der Waals surface area contributed by atoms with Crippen molar-refractivity contribution in [2.45, 2.75) is 111 Å². The molecule has 24 heteroatoms. The first-order valence-electron chi connectivity index (χ1n) is 26.2. The van der Waals surface area contributed by atoms with E-state index in [0.29, 0.717) is 12.8 Å². The van der Waals surface area contributed by atoms with Crippen LogP contribution in [0.25, 0.3) is 21.7 Å². The second-order valence-electron chi connectivity index (χ2n) is 21.3. The number of phenolic OH excluding ortho intramolecular Hbond substituents is 3. The number of benzene rings is 3. The monoisotopic (exact) mass is 1130 g/mol. The first-order chi connectivity index (χ1) is 38.2. The van der Waals surface area contributed by atoms with E-state index in [2.05, 4.69) is 10.4 Å². The molecule has 4 aliphatic heterocycles. The molecular weight excluding hydrogens is 1060 g/mol. The number of aromatic nitrogens is 1. The van der Waals surface area contributed by atoms with Gasteiger partial charge in [-0.1, -0.05) is 45.9 Å². The van der Waals surface area contributed by atoms with E-state index in [9.17, 15) is 64.5 Å². The molecule has 10 atom stereocenters. The third kappa shape index (κ3) is 10.7. The fraction of sp³-hybridized carbons (Fsp3) is 0.456. The van der Waals surface area contributed by atoms with Gasteiger partial charge in [-0.25, -0.2) is 14.0 Å². The van der Waals surface area contributed by atoms with Crippen LogP contribution in [0.5, 0.6) is 28.7 Å². The van der Waals surface area contributed by atoms with Gasteiger partial charge in [0.2, 0.25) is 5.43 Å². The number of carbonyl (C=O) groups excluding carboxylic acids is 3. The van der Waals surface area contributed by atoms with E-state index in [1.807, 2.05) is 0 Å². The quantitative estimate of drug-likeness (QED) is 0.0421. The van der Waals surface area contributed by atoms with Gasteiger partial charge in [0.05, 0.1) is 84.1 Å². The summed E-state index contributed by atoms with van der Waals surface area (Å²) in [5, 5.41) is 87.1. The zero-order valence-corrected chi connectivity index (χ0v) is 46.2. The molecule has 5 aliphatic rings. The highest BCUT2D eigenvalue weighted by atomic mass is 19.1. The molecule has 1 amide bonds. The second kappa shape index (κ2) is 22.7. The average Bonchev–Trinajstić information content (AvgIpc) is 2.51. The lowest BCUT2D eigenvalue weighted by Crippen LogP contribution is -2.54. The number of aromatic carboxylic acids is 1. The number of anilines is 2. The maximum absolute atomic E-state index is 16.4. The molecule has 1 saturated carbocycles. The maximum atomic E-state index is 16.4. The van der Waals surface area contributed by atoms with E-state index in [0.717, 1.165) is 23.6 Å². The predicted octanol–water partition coefficient (Wildman–Crippen LogP) is 5.86. The molecule has 8 N–H and O–H groups in total. The fourth-order valence-corrected chi connectivity index (χ4v) is 11.0. The minimum absolute atomic E-state index is 0.00524. The van der Waals surface area contributed by atoms with E-state index < -0.39 is 152 Å². The normalized spacial score (nSPS) is 28.1. The number of amides is 1. The number of esters is 1. The molecule has 3 aromatic carbocycles. The van der Waals surface area contributed by atoms with Crippen molar-refractivity contribution >= 4 is 68.9 Å².